The molecule has 0 radical (unpaired) electrons. The number of aromatic nitrogens is 1. The highest BCUT2D eigenvalue weighted by atomic mass is 16.5. The number of carbonyl (C=O) groups excluding carboxylic acids is 1. The second-order valence-electron chi connectivity index (χ2n) is 4.92. The molecule has 0 aliphatic carbocycles. The van der Waals surface area contributed by atoms with Crippen molar-refractivity contribution in [1.29, 1.82) is 0 Å². The van der Waals surface area contributed by atoms with Gasteiger partial charge in [0.15, 0.2) is 0 Å². The second-order valence-corrected chi connectivity index (χ2v) is 4.92. The lowest BCUT2D eigenvalue weighted by molar-refractivity contribution is -0.131. The molecule has 0 spiro atoms. The van der Waals surface area contributed by atoms with Crippen LogP contribution in [0.3, 0.4) is 0 Å². The number of aromatic amines is 1. The molecule has 5 heteroatoms. The number of nitrogens with zero attached hydrogens (tertiary/aromatic N) is 1. The number of hydrogen-bond acceptors (Lipinski definition) is 3. The predicted molar refractivity (Wildman–Crippen MR) is 79.5 cm³/mol. The number of fused-ring (bicyclic) bond motifs is 1. The van der Waals surface area contributed by atoms with Crippen molar-refractivity contribution in [3.05, 3.63) is 36.0 Å². The largest absolute Gasteiger partial charge is 0.383 e. The van der Waals surface area contributed by atoms with Gasteiger partial charge in [-0.3, -0.25) is 4.79 Å². The first-order valence-electron chi connectivity index (χ1n) is 6.68. The number of carbonyl (C=O) groups is 1. The van der Waals surface area contributed by atoms with E-state index in [0.29, 0.717) is 19.6 Å². The van der Waals surface area contributed by atoms with Crippen LogP contribution in [0, 0.1) is 0 Å². The van der Waals surface area contributed by atoms with Crippen LogP contribution in [0.25, 0.3) is 10.9 Å². The highest BCUT2D eigenvalue weighted by molar-refractivity contribution is 5.86. The smallest absolute Gasteiger partial charge is 0.239 e. The lowest BCUT2D eigenvalue weighted by atomic mass is 10.0. The molecular weight excluding hydrogens is 254 g/mol. The number of nitrogens with two attached hydrogens (primary N) is 1. The Morgan fingerprint density at radius 2 is 2.20 bits per heavy atom. The van der Waals surface area contributed by atoms with E-state index in [1.54, 1.807) is 19.1 Å². The summed E-state index contributed by atoms with van der Waals surface area (Å²) < 4.78 is 4.97. The van der Waals surface area contributed by atoms with Gasteiger partial charge < -0.3 is 20.4 Å². The molecule has 5 nitrogen and oxygen atoms in total. The van der Waals surface area contributed by atoms with Crippen molar-refractivity contribution in [2.75, 3.05) is 27.3 Å². The molecule has 2 aromatic rings. The normalized spacial score (nSPS) is 12.6. The summed E-state index contributed by atoms with van der Waals surface area (Å²) in [6, 6.07) is 7.48. The van der Waals surface area contributed by atoms with Gasteiger partial charge in [-0.25, -0.2) is 0 Å². The van der Waals surface area contributed by atoms with E-state index in [1.807, 2.05) is 30.5 Å². The van der Waals surface area contributed by atoms with Crippen LogP contribution >= 0.6 is 0 Å². The minimum Gasteiger partial charge on any atom is -0.383 e. The molecule has 1 heterocycles. The molecule has 0 saturated carbocycles. The predicted octanol–water partition coefficient (Wildman–Crippen LogP) is 1.14. The van der Waals surface area contributed by atoms with E-state index < -0.39 is 6.04 Å². The van der Waals surface area contributed by atoms with Gasteiger partial charge >= 0.3 is 0 Å². The lowest BCUT2D eigenvalue weighted by Gasteiger charge is -2.20. The van der Waals surface area contributed by atoms with Gasteiger partial charge in [-0.2, -0.15) is 0 Å². The van der Waals surface area contributed by atoms with Crippen LogP contribution in [0.4, 0.5) is 0 Å². The highest BCUT2D eigenvalue weighted by Gasteiger charge is 2.19. The molecule has 1 aromatic carbocycles. The third kappa shape index (κ3) is 3.18. The molecule has 0 aliphatic rings. The zero-order valence-electron chi connectivity index (χ0n) is 11.9. The Kier molecular flexibility index (Phi) is 4.76. The Bertz CT molecular complexity index is 579. The fourth-order valence-corrected chi connectivity index (χ4v) is 2.25. The number of rotatable bonds is 6. The molecule has 1 amide bonds. The minimum atomic E-state index is -0.531. The molecule has 108 valence electrons. The van der Waals surface area contributed by atoms with Crippen LogP contribution in [0.15, 0.2) is 30.5 Å². The summed E-state index contributed by atoms with van der Waals surface area (Å²) in [7, 11) is 3.36. The third-order valence-corrected chi connectivity index (χ3v) is 3.44. The first-order valence-corrected chi connectivity index (χ1v) is 6.68. The fourth-order valence-electron chi connectivity index (χ4n) is 2.25. The molecule has 1 atom stereocenters. The van der Waals surface area contributed by atoms with Gasteiger partial charge in [0.05, 0.1) is 12.6 Å². The van der Waals surface area contributed by atoms with Gasteiger partial charge in [-0.1, -0.05) is 18.2 Å². The van der Waals surface area contributed by atoms with Crippen molar-refractivity contribution in [3.63, 3.8) is 0 Å². The van der Waals surface area contributed by atoms with Crippen molar-refractivity contribution < 1.29 is 9.53 Å². The van der Waals surface area contributed by atoms with Crippen LogP contribution in [0.1, 0.15) is 5.56 Å². The summed E-state index contributed by atoms with van der Waals surface area (Å²) in [6.45, 7) is 1.07. The number of likely N-dealkylation sites (N-methyl/N-ethyl adjacent to an activating group) is 1. The number of ether oxygens (including phenoxy) is 1. The van der Waals surface area contributed by atoms with Crippen LogP contribution in [-0.2, 0) is 16.0 Å². The molecule has 20 heavy (non-hydrogen) atoms. The fraction of sp³-hybridized carbons (Fsp3) is 0.400. The van der Waals surface area contributed by atoms with Crippen molar-refractivity contribution in [1.82, 2.24) is 9.88 Å². The van der Waals surface area contributed by atoms with Crippen molar-refractivity contribution in [2.24, 2.45) is 5.73 Å². The zero-order chi connectivity index (χ0) is 14.5. The number of hydrogen-bond donors (Lipinski definition) is 2. The Balaban J connectivity index is 2.03. The van der Waals surface area contributed by atoms with Crippen LogP contribution in [0.5, 0.6) is 0 Å². The SMILES string of the molecule is COCCN(C)C(=O)[C@@H](N)Cc1c[nH]c2ccccc12. The summed E-state index contributed by atoms with van der Waals surface area (Å²) >= 11 is 0. The molecule has 3 N–H and O–H groups in total. The second kappa shape index (κ2) is 6.54. The van der Waals surface area contributed by atoms with Crippen molar-refractivity contribution in [2.45, 2.75) is 12.5 Å². The summed E-state index contributed by atoms with van der Waals surface area (Å²) in [4.78, 5) is 17.0. The number of amides is 1. The molecule has 0 aliphatic heterocycles. The minimum absolute atomic E-state index is 0.0627. The Morgan fingerprint density at radius 3 is 2.95 bits per heavy atom. The van der Waals surface area contributed by atoms with E-state index in [-0.39, 0.29) is 5.91 Å². The van der Waals surface area contributed by atoms with E-state index in [9.17, 15) is 4.79 Å². The summed E-state index contributed by atoms with van der Waals surface area (Å²) in [5.74, 6) is -0.0627. The first kappa shape index (κ1) is 14.6. The van der Waals surface area contributed by atoms with E-state index in [2.05, 4.69) is 4.98 Å². The maximum absolute atomic E-state index is 12.1. The maximum atomic E-state index is 12.1. The molecular formula is C15H21N3O2. The summed E-state index contributed by atoms with van der Waals surface area (Å²) in [6.07, 6.45) is 2.45. The van der Waals surface area contributed by atoms with Gasteiger partial charge in [0.25, 0.3) is 0 Å². The number of nitrogens with one attached hydrogen (secondary N) is 1. The quantitative estimate of drug-likeness (QED) is 0.830. The van der Waals surface area contributed by atoms with Crippen LogP contribution in [-0.4, -0.2) is 49.1 Å². The topological polar surface area (TPSA) is 71.3 Å². The first-order chi connectivity index (χ1) is 9.63. The average Bonchev–Trinajstić information content (AvgIpc) is 2.87. The Labute approximate surface area is 118 Å². The number of para-hydroxylation sites is 1. The summed E-state index contributed by atoms with van der Waals surface area (Å²) in [5.41, 5.74) is 8.16. The summed E-state index contributed by atoms with van der Waals surface area (Å²) in [5, 5.41) is 1.12. The average molecular weight is 275 g/mol. The molecule has 1 aromatic heterocycles. The lowest BCUT2D eigenvalue weighted by Crippen LogP contribution is -2.44. The molecule has 2 rings (SSSR count). The molecule has 0 bridgehead atoms. The van der Waals surface area contributed by atoms with Crippen LogP contribution in [0.2, 0.25) is 0 Å². The monoisotopic (exact) mass is 275 g/mol. The molecule has 0 unspecified atom stereocenters. The number of benzene rings is 1. The van der Waals surface area contributed by atoms with Gasteiger partial charge in [-0.05, 0) is 18.1 Å². The van der Waals surface area contributed by atoms with Crippen LogP contribution < -0.4 is 5.73 Å². The zero-order valence-corrected chi connectivity index (χ0v) is 11.9. The van der Waals surface area contributed by atoms with Gasteiger partial charge in [0, 0.05) is 37.8 Å². The highest BCUT2D eigenvalue weighted by Crippen LogP contribution is 2.18. The molecule has 0 saturated heterocycles. The standard InChI is InChI=1S/C15H21N3O2/c1-18(7-8-20-2)15(19)13(16)9-11-10-17-14-6-4-3-5-12(11)14/h3-6,10,13,17H,7-9,16H2,1-2H3/t13-/m0/s1. The molecule has 0 fully saturated rings. The van der Waals surface area contributed by atoms with Crippen molar-refractivity contribution in [3.8, 4) is 0 Å². The number of H-pyrrole nitrogens is 1. The van der Waals surface area contributed by atoms with E-state index in [1.165, 1.54) is 0 Å². The third-order valence-electron chi connectivity index (χ3n) is 3.44. The maximum Gasteiger partial charge on any atom is 0.239 e. The van der Waals surface area contributed by atoms with Gasteiger partial charge in [0.1, 0.15) is 0 Å². The van der Waals surface area contributed by atoms with E-state index in [0.717, 1.165) is 16.5 Å². The Hall–Kier alpha value is -1.85. The van der Waals surface area contributed by atoms with Crippen molar-refractivity contribution >= 4 is 16.8 Å². The Morgan fingerprint density at radius 1 is 1.45 bits per heavy atom. The van der Waals surface area contributed by atoms with E-state index in [4.69, 9.17) is 10.5 Å². The van der Waals surface area contributed by atoms with E-state index >= 15 is 0 Å². The number of methoxy groups -OCH3 is 1. The van der Waals surface area contributed by atoms with Gasteiger partial charge in [0.2, 0.25) is 5.91 Å². The van der Waals surface area contributed by atoms with Gasteiger partial charge in [-0.15, -0.1) is 0 Å².